The molecule has 0 aromatic heterocycles. The molecule has 0 aromatic carbocycles. The molecule has 0 saturated carbocycles. The Kier molecular flexibility index (Phi) is 28.4. The minimum atomic E-state index is 0.723. The normalized spacial score (nSPS) is 25.7. The molecule has 238 valence electrons. The highest BCUT2D eigenvalue weighted by atomic mass is 14.9. The molecule has 0 aromatic rings. The topological polar surface area (TPSA) is 24.1 Å². The molecule has 2 heteroatoms. The van der Waals surface area contributed by atoms with Crippen molar-refractivity contribution in [3.05, 3.63) is 12.2 Å². The summed E-state index contributed by atoms with van der Waals surface area (Å²) in [5.74, 6) is 1.91. The van der Waals surface area contributed by atoms with Crippen LogP contribution in [0.5, 0.6) is 0 Å². The average Bonchev–Trinajstić information content (AvgIpc) is 2.95. The number of rotatable bonds is 3. The number of allylic oxidation sites excluding steroid dienone is 2. The first-order valence-electron chi connectivity index (χ1n) is 18.8. The molecule has 0 radical (unpaired) electrons. The molecule has 2 unspecified atom stereocenters. The van der Waals surface area contributed by atoms with E-state index in [2.05, 4.69) is 43.6 Å². The van der Waals surface area contributed by atoms with Crippen molar-refractivity contribution in [2.24, 2.45) is 11.8 Å². The van der Waals surface area contributed by atoms with E-state index >= 15 is 0 Å². The Morgan fingerprint density at radius 1 is 0.525 bits per heavy atom. The van der Waals surface area contributed by atoms with Gasteiger partial charge in [0.25, 0.3) is 0 Å². The van der Waals surface area contributed by atoms with Gasteiger partial charge in [0.1, 0.15) is 0 Å². The van der Waals surface area contributed by atoms with Crippen molar-refractivity contribution in [1.82, 2.24) is 10.6 Å². The van der Waals surface area contributed by atoms with Crippen LogP contribution in [0.15, 0.2) is 12.2 Å². The maximum absolute atomic E-state index is 3.66. The summed E-state index contributed by atoms with van der Waals surface area (Å²) in [5.41, 5.74) is 0. The van der Waals surface area contributed by atoms with Crippen LogP contribution in [-0.2, 0) is 0 Å². The van der Waals surface area contributed by atoms with Gasteiger partial charge in [0, 0.05) is 6.04 Å². The summed E-state index contributed by atoms with van der Waals surface area (Å²) < 4.78 is 0. The van der Waals surface area contributed by atoms with Gasteiger partial charge in [-0.2, -0.15) is 0 Å². The number of hydrogen-bond donors (Lipinski definition) is 2. The molecule has 2 N–H and O–H groups in total. The molecule has 2 aliphatic heterocycles. The van der Waals surface area contributed by atoms with Gasteiger partial charge in [-0.15, -0.1) is 0 Å². The van der Waals surface area contributed by atoms with Crippen LogP contribution in [0.25, 0.3) is 0 Å². The van der Waals surface area contributed by atoms with Crippen LogP contribution in [0.2, 0.25) is 0 Å². The van der Waals surface area contributed by atoms with Gasteiger partial charge in [0.2, 0.25) is 0 Å². The fourth-order valence-electron chi connectivity index (χ4n) is 6.40. The fourth-order valence-corrected chi connectivity index (χ4v) is 6.40. The van der Waals surface area contributed by atoms with Crippen LogP contribution in [0.4, 0.5) is 0 Å². The Balaban J connectivity index is 0.000000408. The third-order valence-electron chi connectivity index (χ3n) is 9.30. The molecular formula is C38H76N2. The lowest BCUT2D eigenvalue weighted by atomic mass is 9.88. The molecule has 1 fully saturated rings. The molecule has 0 bridgehead atoms. The average molecular weight is 561 g/mol. The molecule has 2 nitrogen and oxygen atoms in total. The smallest absolute Gasteiger partial charge is 0.00387 e. The van der Waals surface area contributed by atoms with Crippen molar-refractivity contribution in [2.45, 2.75) is 200 Å². The zero-order valence-electron chi connectivity index (χ0n) is 28.1. The predicted molar refractivity (Wildman–Crippen MR) is 182 cm³/mol. The third kappa shape index (κ3) is 27.8. The van der Waals surface area contributed by atoms with E-state index in [9.17, 15) is 0 Å². The van der Waals surface area contributed by atoms with Crippen LogP contribution in [-0.4, -0.2) is 25.7 Å². The van der Waals surface area contributed by atoms with E-state index in [1.165, 1.54) is 193 Å². The summed E-state index contributed by atoms with van der Waals surface area (Å²) in [7, 11) is 0. The van der Waals surface area contributed by atoms with Crippen molar-refractivity contribution in [3.8, 4) is 0 Å². The highest BCUT2D eigenvalue weighted by Gasteiger charge is 2.10. The van der Waals surface area contributed by atoms with Crippen molar-refractivity contribution in [3.63, 3.8) is 0 Å². The monoisotopic (exact) mass is 561 g/mol. The highest BCUT2D eigenvalue weighted by Crippen LogP contribution is 2.25. The van der Waals surface area contributed by atoms with E-state index < -0.39 is 0 Å². The maximum Gasteiger partial charge on any atom is 0.00387 e. The van der Waals surface area contributed by atoms with Crippen LogP contribution >= 0.6 is 0 Å². The minimum Gasteiger partial charge on any atom is -0.317 e. The summed E-state index contributed by atoms with van der Waals surface area (Å²) in [6, 6.07) is 0.723. The first kappa shape index (κ1) is 37.7. The SMILES string of the molecule is CC(C)CCC1CCCCCCCCNCCCCCCC1.CC1CCCCCCC=CCCCCCCCN1. The molecule has 40 heavy (non-hydrogen) atoms. The zero-order valence-corrected chi connectivity index (χ0v) is 28.1. The predicted octanol–water partition coefficient (Wildman–Crippen LogP) is 11.9. The molecule has 1 saturated heterocycles. The molecule has 0 aliphatic carbocycles. The van der Waals surface area contributed by atoms with E-state index in [1.54, 1.807) is 0 Å². The van der Waals surface area contributed by atoms with Crippen molar-refractivity contribution in [2.75, 3.05) is 19.6 Å². The Morgan fingerprint density at radius 3 is 1.48 bits per heavy atom. The van der Waals surface area contributed by atoms with Gasteiger partial charge in [0.05, 0.1) is 0 Å². The second-order valence-corrected chi connectivity index (χ2v) is 13.9. The van der Waals surface area contributed by atoms with Gasteiger partial charge < -0.3 is 10.6 Å². The second-order valence-electron chi connectivity index (χ2n) is 13.9. The van der Waals surface area contributed by atoms with E-state index in [-0.39, 0.29) is 0 Å². The van der Waals surface area contributed by atoms with Gasteiger partial charge in [0.15, 0.2) is 0 Å². The highest BCUT2D eigenvalue weighted by molar-refractivity contribution is 4.81. The fraction of sp³-hybridized carbons (Fsp3) is 0.947. The Bertz CT molecular complexity index is 496. The summed E-state index contributed by atoms with van der Waals surface area (Å²) in [6.45, 7) is 10.8. The lowest BCUT2D eigenvalue weighted by Gasteiger charge is -2.18. The molecule has 2 rings (SSSR count). The van der Waals surface area contributed by atoms with Crippen molar-refractivity contribution in [1.29, 1.82) is 0 Å². The van der Waals surface area contributed by atoms with Crippen LogP contribution in [0, 0.1) is 11.8 Å². The van der Waals surface area contributed by atoms with E-state index in [1.807, 2.05) is 0 Å². The standard InChI is InChI=1S/C21H43N.C17H33N/c1-20(2)16-17-21-14-10-6-3-4-8-12-18-22-19-13-9-5-7-11-15-21;1-17-15-13-11-9-7-5-3-2-4-6-8-10-12-14-16-18-17/h20-22H,3-19H2,1-2H3;2-3,17-18H,4-16H2,1H3. The van der Waals surface area contributed by atoms with Crippen molar-refractivity contribution < 1.29 is 0 Å². The summed E-state index contributed by atoms with van der Waals surface area (Å²) in [5, 5.41) is 7.28. The van der Waals surface area contributed by atoms with E-state index in [4.69, 9.17) is 0 Å². The summed E-state index contributed by atoms with van der Waals surface area (Å²) in [4.78, 5) is 0. The summed E-state index contributed by atoms with van der Waals surface area (Å²) in [6.07, 6.45) is 43.3. The number of nitrogens with one attached hydrogen (secondary N) is 2. The van der Waals surface area contributed by atoms with Gasteiger partial charge >= 0.3 is 0 Å². The largest absolute Gasteiger partial charge is 0.317 e. The molecular weight excluding hydrogens is 484 g/mol. The van der Waals surface area contributed by atoms with Gasteiger partial charge in [-0.1, -0.05) is 148 Å². The van der Waals surface area contributed by atoms with Gasteiger partial charge in [-0.25, -0.2) is 0 Å². The van der Waals surface area contributed by atoms with E-state index in [0.717, 1.165) is 17.9 Å². The maximum atomic E-state index is 3.66. The van der Waals surface area contributed by atoms with Crippen LogP contribution < -0.4 is 10.6 Å². The van der Waals surface area contributed by atoms with Gasteiger partial charge in [-0.3, -0.25) is 0 Å². The Labute approximate surface area is 254 Å². The molecule has 0 spiro atoms. The Morgan fingerprint density at radius 2 is 0.950 bits per heavy atom. The zero-order chi connectivity index (χ0) is 28.8. The lowest BCUT2D eigenvalue weighted by molar-refractivity contribution is 0.352. The first-order valence-corrected chi connectivity index (χ1v) is 18.8. The molecule has 0 amide bonds. The Hall–Kier alpha value is -0.340. The van der Waals surface area contributed by atoms with E-state index in [0.29, 0.717) is 0 Å². The van der Waals surface area contributed by atoms with Crippen LogP contribution in [0.3, 0.4) is 0 Å². The van der Waals surface area contributed by atoms with Gasteiger partial charge in [-0.05, 0) is 89.8 Å². The third-order valence-corrected chi connectivity index (χ3v) is 9.30. The van der Waals surface area contributed by atoms with Crippen molar-refractivity contribution >= 4 is 0 Å². The molecule has 2 atom stereocenters. The quantitative estimate of drug-likeness (QED) is 0.335. The first-order chi connectivity index (χ1) is 19.7. The second kappa shape index (κ2) is 30.1. The lowest BCUT2D eigenvalue weighted by Crippen LogP contribution is -2.26. The molecule has 2 heterocycles. The summed E-state index contributed by atoms with van der Waals surface area (Å²) >= 11 is 0. The van der Waals surface area contributed by atoms with Crippen LogP contribution in [0.1, 0.15) is 194 Å². The number of hydrogen-bond acceptors (Lipinski definition) is 2. The molecule has 2 aliphatic rings. The minimum absolute atomic E-state index is 0.723.